The topological polar surface area (TPSA) is 35.5 Å². The SMILES string of the molecule is CNC(CCN(CCO)CC(F)F)c1cc(F)cc(F)c1. The average molecular weight is 308 g/mol. The van der Waals surface area contributed by atoms with E-state index in [0.29, 0.717) is 12.0 Å². The molecule has 1 atom stereocenters. The van der Waals surface area contributed by atoms with Gasteiger partial charge in [0.25, 0.3) is 6.43 Å². The van der Waals surface area contributed by atoms with E-state index in [2.05, 4.69) is 5.32 Å². The summed E-state index contributed by atoms with van der Waals surface area (Å²) in [6.45, 7) is -0.229. The molecule has 2 N–H and O–H groups in total. The summed E-state index contributed by atoms with van der Waals surface area (Å²) < 4.78 is 51.2. The monoisotopic (exact) mass is 308 g/mol. The molecule has 0 amide bonds. The van der Waals surface area contributed by atoms with Gasteiger partial charge in [-0.05, 0) is 31.2 Å². The Bertz CT molecular complexity index is 411. The van der Waals surface area contributed by atoms with Crippen molar-refractivity contribution in [1.29, 1.82) is 0 Å². The van der Waals surface area contributed by atoms with Gasteiger partial charge in [-0.2, -0.15) is 0 Å². The summed E-state index contributed by atoms with van der Waals surface area (Å²) in [5.74, 6) is -1.35. The maximum Gasteiger partial charge on any atom is 0.251 e. The molecule has 0 bridgehead atoms. The summed E-state index contributed by atoms with van der Waals surface area (Å²) in [7, 11) is 1.64. The molecule has 0 radical (unpaired) electrons. The highest BCUT2D eigenvalue weighted by Gasteiger charge is 2.16. The number of aliphatic hydroxyl groups excluding tert-OH is 1. The fourth-order valence-electron chi connectivity index (χ4n) is 2.20. The number of rotatable bonds is 9. The highest BCUT2D eigenvalue weighted by Crippen LogP contribution is 2.19. The lowest BCUT2D eigenvalue weighted by molar-refractivity contribution is 0.0763. The number of nitrogens with one attached hydrogen (secondary N) is 1. The Hall–Kier alpha value is -1.18. The summed E-state index contributed by atoms with van der Waals surface area (Å²) >= 11 is 0. The third-order valence-electron chi connectivity index (χ3n) is 3.18. The Morgan fingerprint density at radius 3 is 2.24 bits per heavy atom. The van der Waals surface area contributed by atoms with Crippen LogP contribution in [0.2, 0.25) is 0 Å². The van der Waals surface area contributed by atoms with Gasteiger partial charge in [-0.15, -0.1) is 0 Å². The van der Waals surface area contributed by atoms with Crippen molar-refractivity contribution in [2.45, 2.75) is 18.9 Å². The van der Waals surface area contributed by atoms with Crippen LogP contribution in [0, 0.1) is 11.6 Å². The zero-order chi connectivity index (χ0) is 15.8. The fraction of sp³-hybridized carbons (Fsp3) is 0.571. The quantitative estimate of drug-likeness (QED) is 0.686. The molecule has 0 aliphatic carbocycles. The van der Waals surface area contributed by atoms with Crippen molar-refractivity contribution in [3.63, 3.8) is 0 Å². The molecule has 0 aliphatic rings. The van der Waals surface area contributed by atoms with Crippen molar-refractivity contribution in [1.82, 2.24) is 10.2 Å². The zero-order valence-electron chi connectivity index (χ0n) is 11.8. The molecule has 3 nitrogen and oxygen atoms in total. The molecule has 21 heavy (non-hydrogen) atoms. The molecule has 0 saturated heterocycles. The van der Waals surface area contributed by atoms with Crippen molar-refractivity contribution < 1.29 is 22.7 Å². The van der Waals surface area contributed by atoms with Crippen LogP contribution in [0.3, 0.4) is 0 Å². The van der Waals surface area contributed by atoms with E-state index in [1.165, 1.54) is 17.0 Å². The number of nitrogens with zero attached hydrogens (tertiary/aromatic N) is 1. The van der Waals surface area contributed by atoms with Gasteiger partial charge in [-0.3, -0.25) is 4.90 Å². The van der Waals surface area contributed by atoms with Crippen molar-refractivity contribution in [2.24, 2.45) is 0 Å². The van der Waals surface area contributed by atoms with Crippen LogP contribution in [-0.2, 0) is 0 Å². The first-order chi connectivity index (χ1) is 9.96. The zero-order valence-corrected chi connectivity index (χ0v) is 11.8. The molecule has 0 aliphatic heterocycles. The van der Waals surface area contributed by atoms with Crippen LogP contribution in [0.4, 0.5) is 17.6 Å². The Kier molecular flexibility index (Phi) is 7.63. The normalized spacial score (nSPS) is 13.1. The summed E-state index contributed by atoms with van der Waals surface area (Å²) in [6.07, 6.45) is -2.09. The minimum Gasteiger partial charge on any atom is -0.395 e. The number of hydrogen-bond acceptors (Lipinski definition) is 3. The molecule has 0 saturated carbocycles. The first kappa shape index (κ1) is 17.9. The number of alkyl halides is 2. The van der Waals surface area contributed by atoms with E-state index in [4.69, 9.17) is 5.11 Å². The van der Waals surface area contributed by atoms with Crippen molar-refractivity contribution in [3.8, 4) is 0 Å². The fourth-order valence-corrected chi connectivity index (χ4v) is 2.20. The predicted octanol–water partition coefficient (Wildman–Crippen LogP) is 2.17. The summed E-state index contributed by atoms with van der Waals surface area (Å²) in [4.78, 5) is 1.42. The second kappa shape index (κ2) is 8.96. The second-order valence-corrected chi connectivity index (χ2v) is 4.75. The van der Waals surface area contributed by atoms with Gasteiger partial charge in [0.15, 0.2) is 0 Å². The Morgan fingerprint density at radius 1 is 1.14 bits per heavy atom. The van der Waals surface area contributed by atoms with E-state index < -0.39 is 24.6 Å². The van der Waals surface area contributed by atoms with Crippen LogP contribution in [0.5, 0.6) is 0 Å². The van der Waals surface area contributed by atoms with Gasteiger partial charge in [0.1, 0.15) is 11.6 Å². The number of benzene rings is 1. The molecular weight excluding hydrogens is 288 g/mol. The minimum atomic E-state index is -2.49. The Labute approximate surface area is 121 Å². The molecule has 1 unspecified atom stereocenters. The van der Waals surface area contributed by atoms with Crippen LogP contribution in [0.1, 0.15) is 18.0 Å². The lowest BCUT2D eigenvalue weighted by Gasteiger charge is -2.24. The molecule has 0 spiro atoms. The smallest absolute Gasteiger partial charge is 0.251 e. The lowest BCUT2D eigenvalue weighted by Crippen LogP contribution is -2.34. The van der Waals surface area contributed by atoms with Crippen LogP contribution in [-0.4, -0.2) is 49.7 Å². The third-order valence-corrected chi connectivity index (χ3v) is 3.18. The highest BCUT2D eigenvalue weighted by molar-refractivity contribution is 5.21. The van der Waals surface area contributed by atoms with Gasteiger partial charge in [-0.1, -0.05) is 0 Å². The summed E-state index contributed by atoms with van der Waals surface area (Å²) in [5, 5.41) is 11.8. The van der Waals surface area contributed by atoms with Gasteiger partial charge in [0, 0.05) is 25.2 Å². The van der Waals surface area contributed by atoms with E-state index in [1.54, 1.807) is 7.05 Å². The molecule has 0 heterocycles. The van der Waals surface area contributed by atoms with E-state index in [9.17, 15) is 17.6 Å². The van der Waals surface area contributed by atoms with Gasteiger partial charge < -0.3 is 10.4 Å². The largest absolute Gasteiger partial charge is 0.395 e. The van der Waals surface area contributed by atoms with Crippen LogP contribution >= 0.6 is 0 Å². The third kappa shape index (κ3) is 6.41. The van der Waals surface area contributed by atoms with Crippen LogP contribution in [0.25, 0.3) is 0 Å². The van der Waals surface area contributed by atoms with Gasteiger partial charge in [-0.25, -0.2) is 17.6 Å². The summed E-state index contributed by atoms with van der Waals surface area (Å²) in [5.41, 5.74) is 0.427. The molecule has 7 heteroatoms. The molecule has 120 valence electrons. The Morgan fingerprint density at radius 2 is 1.76 bits per heavy atom. The number of halogens is 4. The van der Waals surface area contributed by atoms with Gasteiger partial charge >= 0.3 is 0 Å². The van der Waals surface area contributed by atoms with Crippen molar-refractivity contribution >= 4 is 0 Å². The lowest BCUT2D eigenvalue weighted by atomic mass is 10.0. The van der Waals surface area contributed by atoms with Crippen molar-refractivity contribution in [3.05, 3.63) is 35.4 Å². The second-order valence-electron chi connectivity index (χ2n) is 4.75. The molecule has 0 fully saturated rings. The molecular formula is C14H20F4N2O. The highest BCUT2D eigenvalue weighted by atomic mass is 19.3. The molecule has 1 rings (SSSR count). The molecule has 0 aromatic heterocycles. The van der Waals surface area contributed by atoms with Crippen LogP contribution < -0.4 is 5.32 Å². The standard InChI is InChI=1S/C14H20F4N2O/c1-19-13(10-6-11(15)8-12(16)7-10)2-3-20(4-5-21)9-14(17)18/h6-8,13-14,19,21H,2-5,9H2,1H3. The maximum absolute atomic E-state index is 13.2. The number of aliphatic hydroxyl groups is 1. The maximum atomic E-state index is 13.2. The van der Waals surface area contributed by atoms with Crippen LogP contribution in [0.15, 0.2) is 18.2 Å². The number of hydrogen-bond donors (Lipinski definition) is 2. The average Bonchev–Trinajstić information content (AvgIpc) is 2.37. The Balaban J connectivity index is 2.67. The van der Waals surface area contributed by atoms with Gasteiger partial charge in [0.2, 0.25) is 0 Å². The molecule has 1 aromatic rings. The van der Waals surface area contributed by atoms with E-state index in [0.717, 1.165) is 6.07 Å². The first-order valence-corrected chi connectivity index (χ1v) is 6.71. The van der Waals surface area contributed by atoms with E-state index >= 15 is 0 Å². The van der Waals surface area contributed by atoms with Crippen molar-refractivity contribution in [2.75, 3.05) is 33.3 Å². The van der Waals surface area contributed by atoms with E-state index in [1.807, 2.05) is 0 Å². The minimum absolute atomic E-state index is 0.137. The van der Waals surface area contributed by atoms with E-state index in [-0.39, 0.29) is 25.7 Å². The predicted molar refractivity (Wildman–Crippen MR) is 72.3 cm³/mol. The van der Waals surface area contributed by atoms with Gasteiger partial charge in [0.05, 0.1) is 13.2 Å². The summed E-state index contributed by atoms with van der Waals surface area (Å²) in [6, 6.07) is 2.86. The first-order valence-electron chi connectivity index (χ1n) is 6.71. The molecule has 1 aromatic carbocycles.